The zero-order chi connectivity index (χ0) is 15.6. The molecule has 0 radical (unpaired) electrons. The Kier molecular flexibility index (Phi) is 4.74. The summed E-state index contributed by atoms with van der Waals surface area (Å²) in [4.78, 5) is 12.2. The number of hydrogen-bond acceptors (Lipinski definition) is 1. The molecule has 1 aromatic rings. The summed E-state index contributed by atoms with van der Waals surface area (Å²) < 4.78 is 37.8. The van der Waals surface area contributed by atoms with Crippen LogP contribution in [-0.4, -0.2) is 12.0 Å². The molecule has 1 aromatic carbocycles. The third-order valence-corrected chi connectivity index (χ3v) is 4.60. The summed E-state index contributed by atoms with van der Waals surface area (Å²) >= 11 is 0. The Morgan fingerprint density at radius 3 is 2.24 bits per heavy atom. The van der Waals surface area contributed by atoms with Crippen LogP contribution in [0.1, 0.15) is 42.4 Å². The van der Waals surface area contributed by atoms with E-state index in [1.54, 1.807) is 0 Å². The first kappa shape index (κ1) is 16.1. The first-order chi connectivity index (χ1) is 9.77. The smallest absolute Gasteiger partial charge is 0.299 e. The van der Waals surface area contributed by atoms with E-state index in [0.717, 1.165) is 11.1 Å². The maximum atomic E-state index is 12.6. The molecule has 116 valence electrons. The molecular formula is C17H21F3O. The molecule has 1 aliphatic carbocycles. The minimum atomic E-state index is -4.11. The van der Waals surface area contributed by atoms with Gasteiger partial charge in [-0.05, 0) is 56.2 Å². The van der Waals surface area contributed by atoms with Gasteiger partial charge in [0.2, 0.25) is 0 Å². The maximum Gasteiger partial charge on any atom is 0.391 e. The van der Waals surface area contributed by atoms with E-state index < -0.39 is 12.1 Å². The highest BCUT2D eigenvalue weighted by atomic mass is 19.4. The molecule has 1 nitrogen and oxygen atoms in total. The molecule has 0 bridgehead atoms. The molecule has 0 heterocycles. The van der Waals surface area contributed by atoms with E-state index in [0.29, 0.717) is 19.3 Å². The van der Waals surface area contributed by atoms with Crippen LogP contribution in [0.4, 0.5) is 13.2 Å². The van der Waals surface area contributed by atoms with Crippen LogP contribution in [0.5, 0.6) is 0 Å². The second-order valence-electron chi connectivity index (χ2n) is 6.15. The van der Waals surface area contributed by atoms with Gasteiger partial charge in [-0.2, -0.15) is 13.2 Å². The number of aryl methyl sites for hydroxylation is 2. The Morgan fingerprint density at radius 2 is 1.71 bits per heavy atom. The van der Waals surface area contributed by atoms with E-state index in [2.05, 4.69) is 0 Å². The molecule has 2 rings (SSSR count). The normalized spacial score (nSPS) is 23.1. The van der Waals surface area contributed by atoms with Crippen LogP contribution in [0.25, 0.3) is 0 Å². The number of alkyl halides is 3. The van der Waals surface area contributed by atoms with E-state index in [4.69, 9.17) is 0 Å². The minimum Gasteiger partial charge on any atom is -0.299 e. The number of benzene rings is 1. The molecule has 1 aliphatic rings. The van der Waals surface area contributed by atoms with Crippen molar-refractivity contribution in [1.29, 1.82) is 0 Å². The first-order valence-corrected chi connectivity index (χ1v) is 7.43. The number of rotatable bonds is 3. The SMILES string of the molecule is Cc1ccc(CC(=O)C2CCC(C(F)(F)F)CC2)cc1C. The van der Waals surface area contributed by atoms with Crippen molar-refractivity contribution >= 4 is 5.78 Å². The third kappa shape index (κ3) is 4.08. The van der Waals surface area contributed by atoms with Gasteiger partial charge in [-0.3, -0.25) is 4.79 Å². The number of ketones is 1. The number of halogens is 3. The van der Waals surface area contributed by atoms with Crippen molar-refractivity contribution in [1.82, 2.24) is 0 Å². The Hall–Kier alpha value is -1.32. The number of Topliss-reactive ketones (excluding diaryl/α,β-unsaturated/α-hetero) is 1. The summed E-state index contributed by atoms with van der Waals surface area (Å²) in [6.07, 6.45) is -2.86. The molecule has 0 aliphatic heterocycles. The lowest BCUT2D eigenvalue weighted by Gasteiger charge is -2.29. The summed E-state index contributed by atoms with van der Waals surface area (Å²) in [5, 5.41) is 0. The summed E-state index contributed by atoms with van der Waals surface area (Å²) in [5.74, 6) is -1.34. The quantitative estimate of drug-likeness (QED) is 0.784. The fourth-order valence-corrected chi connectivity index (χ4v) is 3.00. The highest BCUT2D eigenvalue weighted by Crippen LogP contribution is 2.39. The molecule has 0 unspecified atom stereocenters. The molecule has 4 heteroatoms. The van der Waals surface area contributed by atoms with Crippen molar-refractivity contribution in [3.05, 3.63) is 34.9 Å². The number of hydrogen-bond donors (Lipinski definition) is 0. The topological polar surface area (TPSA) is 17.1 Å². The van der Waals surface area contributed by atoms with Gasteiger partial charge < -0.3 is 0 Å². The average molecular weight is 298 g/mol. The first-order valence-electron chi connectivity index (χ1n) is 7.43. The fraction of sp³-hybridized carbons (Fsp3) is 0.588. The molecule has 1 saturated carbocycles. The van der Waals surface area contributed by atoms with E-state index in [1.165, 1.54) is 5.56 Å². The molecule has 21 heavy (non-hydrogen) atoms. The predicted molar refractivity (Wildman–Crippen MR) is 76.1 cm³/mol. The van der Waals surface area contributed by atoms with Gasteiger partial charge in [0.05, 0.1) is 5.92 Å². The van der Waals surface area contributed by atoms with Crippen molar-refractivity contribution in [3.8, 4) is 0 Å². The van der Waals surface area contributed by atoms with Crippen LogP contribution in [-0.2, 0) is 11.2 Å². The minimum absolute atomic E-state index is 0.0823. The Bertz CT molecular complexity index is 511. The molecule has 1 fully saturated rings. The molecule has 0 atom stereocenters. The maximum absolute atomic E-state index is 12.6. The van der Waals surface area contributed by atoms with E-state index in [1.807, 2.05) is 32.0 Å². The highest BCUT2D eigenvalue weighted by molar-refractivity contribution is 5.83. The lowest BCUT2D eigenvalue weighted by atomic mass is 9.78. The summed E-state index contributed by atoms with van der Waals surface area (Å²) in [6, 6.07) is 5.91. The molecule has 0 N–H and O–H groups in total. The molecule has 0 saturated heterocycles. The Morgan fingerprint density at radius 1 is 1.10 bits per heavy atom. The third-order valence-electron chi connectivity index (χ3n) is 4.60. The van der Waals surface area contributed by atoms with E-state index >= 15 is 0 Å². The van der Waals surface area contributed by atoms with Crippen LogP contribution in [0.15, 0.2) is 18.2 Å². The van der Waals surface area contributed by atoms with Crippen molar-refractivity contribution < 1.29 is 18.0 Å². The predicted octanol–water partition coefficient (Wildman–Crippen LogP) is 4.78. The zero-order valence-electron chi connectivity index (χ0n) is 12.5. The second kappa shape index (κ2) is 6.20. The molecule has 0 aromatic heterocycles. The number of carbonyl (C=O) groups is 1. The van der Waals surface area contributed by atoms with Crippen molar-refractivity contribution in [2.24, 2.45) is 11.8 Å². The largest absolute Gasteiger partial charge is 0.391 e. The van der Waals surface area contributed by atoms with Gasteiger partial charge in [-0.25, -0.2) is 0 Å². The lowest BCUT2D eigenvalue weighted by molar-refractivity contribution is -0.184. The molecular weight excluding hydrogens is 277 g/mol. The van der Waals surface area contributed by atoms with Crippen LogP contribution < -0.4 is 0 Å². The van der Waals surface area contributed by atoms with Gasteiger partial charge in [0.25, 0.3) is 0 Å². The highest BCUT2D eigenvalue weighted by Gasteiger charge is 2.42. The zero-order valence-corrected chi connectivity index (χ0v) is 12.5. The van der Waals surface area contributed by atoms with Crippen LogP contribution in [0, 0.1) is 25.7 Å². The van der Waals surface area contributed by atoms with Gasteiger partial charge in [-0.15, -0.1) is 0 Å². The van der Waals surface area contributed by atoms with Crippen molar-refractivity contribution in [2.75, 3.05) is 0 Å². The Labute approximate surface area is 123 Å². The van der Waals surface area contributed by atoms with Gasteiger partial charge >= 0.3 is 6.18 Å². The fourth-order valence-electron chi connectivity index (χ4n) is 3.00. The van der Waals surface area contributed by atoms with E-state index in [9.17, 15) is 18.0 Å². The Balaban J connectivity index is 1.92. The van der Waals surface area contributed by atoms with Crippen LogP contribution >= 0.6 is 0 Å². The van der Waals surface area contributed by atoms with Gasteiger partial charge in [0.15, 0.2) is 0 Å². The lowest BCUT2D eigenvalue weighted by Crippen LogP contribution is -2.30. The second-order valence-corrected chi connectivity index (χ2v) is 6.15. The molecule has 0 spiro atoms. The van der Waals surface area contributed by atoms with Gasteiger partial charge in [0, 0.05) is 12.3 Å². The van der Waals surface area contributed by atoms with Crippen molar-refractivity contribution in [2.45, 2.75) is 52.1 Å². The average Bonchev–Trinajstić information content (AvgIpc) is 2.42. The van der Waals surface area contributed by atoms with Crippen LogP contribution in [0.3, 0.4) is 0 Å². The standard InChI is InChI=1S/C17H21F3O/c1-11-3-4-13(9-12(11)2)10-16(21)14-5-7-15(8-6-14)17(18,19)20/h3-4,9,14-15H,5-8,10H2,1-2H3. The number of carbonyl (C=O) groups excluding carboxylic acids is 1. The van der Waals surface area contributed by atoms with Crippen LogP contribution in [0.2, 0.25) is 0 Å². The van der Waals surface area contributed by atoms with Gasteiger partial charge in [0.1, 0.15) is 5.78 Å². The van der Waals surface area contributed by atoms with E-state index in [-0.39, 0.29) is 24.5 Å². The summed E-state index contributed by atoms with van der Waals surface area (Å²) in [5.41, 5.74) is 3.28. The van der Waals surface area contributed by atoms with Gasteiger partial charge in [-0.1, -0.05) is 18.2 Å². The molecule has 0 amide bonds. The summed E-state index contributed by atoms with van der Waals surface area (Å²) in [6.45, 7) is 4.01. The monoisotopic (exact) mass is 298 g/mol. The van der Waals surface area contributed by atoms with Crippen molar-refractivity contribution in [3.63, 3.8) is 0 Å². The summed E-state index contributed by atoms with van der Waals surface area (Å²) in [7, 11) is 0.